The molecule has 6 rings (SSSR count). The second-order valence-corrected chi connectivity index (χ2v) is 13.0. The second kappa shape index (κ2) is 14.1. The molecule has 6 N–H and O–H groups in total. The van der Waals surface area contributed by atoms with E-state index in [9.17, 15) is 18.0 Å². The third-order valence-electron chi connectivity index (χ3n) is 9.25. The molecule has 0 spiro atoms. The Hall–Kier alpha value is -4.23. The summed E-state index contributed by atoms with van der Waals surface area (Å²) in [6.07, 6.45) is 4.55. The standard InChI is InChI=1S/C35H41F4N7O2/c1-20(40)42-15-14-25-5-3-7-29(43-25)23-10-12-26(13-11-23)46-19-24-18-30(44-33(24)45-34(46)47)27-16-21(4-2-6-28(41)22-8-9-22)17-31(32(27)36)48-35(37,38)39/h10-13,16-19,22,25,28-29,43H,2-9,14-15,41H2,1H3,(H2,40,42)(H,44,45,47)/t25-,28?,29-/m0/s1. The molecular weight excluding hydrogens is 626 g/mol. The first kappa shape index (κ1) is 33.7. The van der Waals surface area contributed by atoms with E-state index in [1.54, 1.807) is 19.2 Å². The molecule has 4 aromatic rings. The fourth-order valence-electron chi connectivity index (χ4n) is 6.59. The number of benzene rings is 2. The lowest BCUT2D eigenvalue weighted by Crippen LogP contribution is -2.37. The normalized spacial score (nSPS) is 19.5. The lowest BCUT2D eigenvalue weighted by atomic mass is 9.92. The van der Waals surface area contributed by atoms with Crippen molar-refractivity contribution in [1.82, 2.24) is 19.9 Å². The number of nitrogens with two attached hydrogens (primary N) is 2. The predicted octanol–water partition coefficient (Wildman–Crippen LogP) is 6.43. The van der Waals surface area contributed by atoms with Crippen LogP contribution in [0.2, 0.25) is 0 Å². The minimum atomic E-state index is -5.07. The molecule has 0 radical (unpaired) electrons. The van der Waals surface area contributed by atoms with Crippen LogP contribution < -0.4 is 27.2 Å². The summed E-state index contributed by atoms with van der Waals surface area (Å²) in [5.41, 5.74) is 13.7. The number of H-pyrrole nitrogens is 1. The lowest BCUT2D eigenvalue weighted by Gasteiger charge is -2.31. The van der Waals surface area contributed by atoms with Crippen LogP contribution in [0.1, 0.15) is 75.5 Å². The number of aromatic nitrogens is 3. The Bertz CT molecular complexity index is 1830. The highest BCUT2D eigenvalue weighted by atomic mass is 19.4. The first-order valence-electron chi connectivity index (χ1n) is 16.5. The highest BCUT2D eigenvalue weighted by Crippen LogP contribution is 2.36. The van der Waals surface area contributed by atoms with Crippen LogP contribution in [-0.4, -0.2) is 45.4 Å². The average molecular weight is 668 g/mol. The number of alkyl halides is 3. The van der Waals surface area contributed by atoms with E-state index < -0.39 is 23.6 Å². The van der Waals surface area contributed by atoms with Gasteiger partial charge in [-0.2, -0.15) is 4.98 Å². The number of amidine groups is 1. The Balaban J connectivity index is 1.23. The maximum Gasteiger partial charge on any atom is 0.573 e. The van der Waals surface area contributed by atoms with Crippen molar-refractivity contribution in [3.63, 3.8) is 0 Å². The quantitative estimate of drug-likeness (QED) is 0.0782. The molecule has 1 aliphatic carbocycles. The molecule has 48 heavy (non-hydrogen) atoms. The summed E-state index contributed by atoms with van der Waals surface area (Å²) in [4.78, 5) is 24.5. The average Bonchev–Trinajstić information content (AvgIpc) is 3.81. The number of aliphatic imine (C=N–C) groups is 1. The van der Waals surface area contributed by atoms with Crippen LogP contribution in [0.3, 0.4) is 0 Å². The number of ether oxygens (including phenoxy) is 1. The maximum atomic E-state index is 15.5. The molecule has 2 fully saturated rings. The molecule has 0 bridgehead atoms. The first-order valence-corrected chi connectivity index (χ1v) is 16.5. The van der Waals surface area contributed by atoms with Crippen LogP contribution in [0.25, 0.3) is 28.0 Å². The molecule has 3 atom stereocenters. The molecule has 1 saturated heterocycles. The second-order valence-electron chi connectivity index (χ2n) is 13.0. The van der Waals surface area contributed by atoms with Gasteiger partial charge in [-0.3, -0.25) is 9.56 Å². The van der Waals surface area contributed by atoms with Gasteiger partial charge in [0.15, 0.2) is 11.6 Å². The minimum absolute atomic E-state index is 0.0488. The molecule has 13 heteroatoms. The number of piperidine rings is 1. The number of fused-ring (bicyclic) bond motifs is 1. The number of hydrogen-bond acceptors (Lipinski definition) is 6. The summed E-state index contributed by atoms with van der Waals surface area (Å²) in [5, 5.41) is 4.19. The predicted molar refractivity (Wildman–Crippen MR) is 178 cm³/mol. The number of aromatic amines is 1. The maximum absolute atomic E-state index is 15.5. The number of halogens is 4. The van der Waals surface area contributed by atoms with Gasteiger partial charge in [-0.1, -0.05) is 18.6 Å². The van der Waals surface area contributed by atoms with E-state index in [2.05, 4.69) is 25.0 Å². The molecular formula is C35H41F4N7O2. The zero-order chi connectivity index (χ0) is 34.0. The summed E-state index contributed by atoms with van der Waals surface area (Å²) < 4.78 is 60.6. The Kier molecular flexibility index (Phi) is 9.88. The zero-order valence-electron chi connectivity index (χ0n) is 26.8. The van der Waals surface area contributed by atoms with E-state index in [-0.39, 0.29) is 29.0 Å². The number of nitrogens with one attached hydrogen (secondary N) is 2. The number of nitrogens with zero attached hydrogens (tertiary/aromatic N) is 3. The largest absolute Gasteiger partial charge is 0.573 e. The van der Waals surface area contributed by atoms with Crippen molar-refractivity contribution < 1.29 is 22.3 Å². The third-order valence-corrected chi connectivity index (χ3v) is 9.25. The lowest BCUT2D eigenvalue weighted by molar-refractivity contribution is -0.275. The van der Waals surface area contributed by atoms with Crippen molar-refractivity contribution in [1.29, 1.82) is 0 Å². The molecule has 2 aromatic carbocycles. The number of rotatable bonds is 12. The smallest absolute Gasteiger partial charge is 0.403 e. The van der Waals surface area contributed by atoms with E-state index >= 15 is 4.39 Å². The first-order chi connectivity index (χ1) is 22.9. The molecule has 1 aliphatic heterocycles. The van der Waals surface area contributed by atoms with Gasteiger partial charge in [0.1, 0.15) is 5.65 Å². The number of aryl methyl sites for hydroxylation is 1. The Labute approximate surface area is 275 Å². The van der Waals surface area contributed by atoms with E-state index in [0.29, 0.717) is 53.8 Å². The summed E-state index contributed by atoms with van der Waals surface area (Å²) in [6, 6.07) is 12.4. The molecule has 1 unspecified atom stereocenters. The van der Waals surface area contributed by atoms with Crippen molar-refractivity contribution in [3.8, 4) is 22.7 Å². The van der Waals surface area contributed by atoms with Gasteiger partial charge in [0.2, 0.25) is 0 Å². The molecule has 0 amide bonds. The van der Waals surface area contributed by atoms with Crippen LogP contribution in [0.15, 0.2) is 58.4 Å². The molecule has 2 aliphatic rings. The van der Waals surface area contributed by atoms with Crippen molar-refractivity contribution in [3.05, 3.63) is 76.1 Å². The van der Waals surface area contributed by atoms with Crippen LogP contribution in [-0.2, 0) is 6.42 Å². The van der Waals surface area contributed by atoms with E-state index in [1.165, 1.54) is 10.6 Å². The fraction of sp³-hybridized carbons (Fsp3) is 0.457. The zero-order valence-corrected chi connectivity index (χ0v) is 26.8. The van der Waals surface area contributed by atoms with Crippen LogP contribution >= 0.6 is 0 Å². The topological polar surface area (TPSA) is 136 Å². The molecule has 256 valence electrons. The Morgan fingerprint density at radius 1 is 1.15 bits per heavy atom. The van der Waals surface area contributed by atoms with Crippen molar-refractivity contribution in [2.45, 2.75) is 89.2 Å². The summed E-state index contributed by atoms with van der Waals surface area (Å²) in [6.45, 7) is 2.47. The highest BCUT2D eigenvalue weighted by molar-refractivity contribution is 5.83. The van der Waals surface area contributed by atoms with E-state index in [0.717, 1.165) is 56.6 Å². The molecule has 3 heterocycles. The van der Waals surface area contributed by atoms with Gasteiger partial charge < -0.3 is 26.5 Å². The molecule has 2 aromatic heterocycles. The summed E-state index contributed by atoms with van der Waals surface area (Å²) in [5.74, 6) is -0.991. The SMILES string of the molecule is CC(N)=NCC[C@@H]1CCC[C@@H](c2ccc(-n3cc4cc(-c5cc(CCCC(N)C6CC6)cc(OC(F)(F)F)c5F)[nH]c4nc3=O)cc2)N1. The van der Waals surface area contributed by atoms with Gasteiger partial charge in [0.25, 0.3) is 0 Å². The van der Waals surface area contributed by atoms with Gasteiger partial charge in [-0.25, -0.2) is 9.18 Å². The fourth-order valence-corrected chi connectivity index (χ4v) is 6.59. The summed E-state index contributed by atoms with van der Waals surface area (Å²) >= 11 is 0. The minimum Gasteiger partial charge on any atom is -0.403 e. The van der Waals surface area contributed by atoms with Crippen LogP contribution in [0.5, 0.6) is 5.75 Å². The number of hydrogen-bond donors (Lipinski definition) is 4. The van der Waals surface area contributed by atoms with Crippen molar-refractivity contribution >= 4 is 16.9 Å². The van der Waals surface area contributed by atoms with Crippen molar-refractivity contribution in [2.24, 2.45) is 22.4 Å². The molecule has 1 saturated carbocycles. The summed E-state index contributed by atoms with van der Waals surface area (Å²) in [7, 11) is 0. The van der Waals surface area contributed by atoms with E-state index in [4.69, 9.17) is 11.5 Å². The van der Waals surface area contributed by atoms with Gasteiger partial charge in [-0.05, 0) is 106 Å². The van der Waals surface area contributed by atoms with Gasteiger partial charge in [0, 0.05) is 41.8 Å². The molecule has 9 nitrogen and oxygen atoms in total. The van der Waals surface area contributed by atoms with Gasteiger partial charge >= 0.3 is 12.1 Å². The van der Waals surface area contributed by atoms with Crippen LogP contribution in [0, 0.1) is 11.7 Å². The monoisotopic (exact) mass is 667 g/mol. The van der Waals surface area contributed by atoms with Crippen LogP contribution in [0.4, 0.5) is 17.6 Å². The highest BCUT2D eigenvalue weighted by Gasteiger charge is 2.34. The Morgan fingerprint density at radius 2 is 1.92 bits per heavy atom. The van der Waals surface area contributed by atoms with Crippen molar-refractivity contribution in [2.75, 3.05) is 6.54 Å². The Morgan fingerprint density at radius 3 is 2.62 bits per heavy atom. The van der Waals surface area contributed by atoms with E-state index in [1.807, 2.05) is 24.3 Å². The van der Waals surface area contributed by atoms with Gasteiger partial charge in [0.05, 0.1) is 17.2 Å². The van der Waals surface area contributed by atoms with Gasteiger partial charge in [-0.15, -0.1) is 13.2 Å². The third kappa shape index (κ3) is 8.24.